The summed E-state index contributed by atoms with van der Waals surface area (Å²) in [6, 6.07) is 0. The molecule has 0 N–H and O–H groups in total. The first-order valence-corrected chi connectivity index (χ1v) is 58.3. The third kappa shape index (κ3) is 34.7. The van der Waals surface area contributed by atoms with Crippen LogP contribution in [0.2, 0.25) is 58.9 Å². The van der Waals surface area contributed by atoms with Crippen LogP contribution in [0, 0.1) is 13.8 Å². The molecular weight excluding hydrogens is 1470 g/mol. The Balaban J connectivity index is 0.000000795. The van der Waals surface area contributed by atoms with E-state index in [9.17, 15) is 0 Å². The maximum absolute atomic E-state index is 5.43. The normalized spacial score (nSPS) is 13.1. The van der Waals surface area contributed by atoms with Gasteiger partial charge in [0.25, 0.3) is 0 Å². The monoisotopic (exact) mass is 1610 g/mol. The van der Waals surface area contributed by atoms with Crippen molar-refractivity contribution in [2.75, 3.05) is 0 Å². The third-order valence-electron chi connectivity index (χ3n) is 19.2. The Hall–Kier alpha value is 2.02. The Morgan fingerprint density at radius 2 is 0.596 bits per heavy atom. The molecule has 0 saturated heterocycles. The van der Waals surface area contributed by atoms with Crippen molar-refractivity contribution in [2.45, 2.75) is 396 Å². The number of unbranched alkanes of at least 4 members (excludes halogenated alkanes) is 37. The Morgan fingerprint density at radius 3 is 0.851 bits per heavy atom. The Labute approximate surface area is 649 Å². The van der Waals surface area contributed by atoms with E-state index in [4.69, 9.17) is 22.2 Å². The largest absolute Gasteiger partial charge is 1.00 e. The van der Waals surface area contributed by atoms with Gasteiger partial charge in [-0.3, -0.25) is 0 Å². The van der Waals surface area contributed by atoms with Crippen LogP contribution in [0.3, 0.4) is 0 Å². The fraction of sp³-hybridized carbons (Fsp3) is 0.782. The second-order valence-corrected chi connectivity index (χ2v) is 60.0. The van der Waals surface area contributed by atoms with Crippen LogP contribution in [-0.4, -0.2) is 38.6 Å². The van der Waals surface area contributed by atoms with Crippen molar-refractivity contribution < 1.29 is 18.9 Å². The van der Waals surface area contributed by atoms with Gasteiger partial charge in [-0.2, -0.15) is 6.42 Å². The van der Waals surface area contributed by atoms with Gasteiger partial charge in [0.1, 0.15) is 16.1 Å². The molecule has 0 atom stereocenters. The zero-order valence-corrected chi connectivity index (χ0v) is 76.7. The Morgan fingerprint density at radius 1 is 0.394 bits per heavy atom. The fourth-order valence-electron chi connectivity index (χ4n) is 14.2. The molecule has 6 rings (SSSR count). The zero-order valence-electron chi connectivity index (χ0n) is 63.9. The summed E-state index contributed by atoms with van der Waals surface area (Å²) in [5, 5.41) is 7.33. The van der Waals surface area contributed by atoms with Gasteiger partial charge in [0.15, 0.2) is 0 Å². The molecule has 0 saturated carbocycles. The molecule has 0 unspecified atom stereocenters. The minimum Gasteiger partial charge on any atom is -0.343 e. The Bertz CT molecular complexity index is 2500. The average Bonchev–Trinajstić information content (AvgIpc) is 1.55. The number of hydrogen-bond donors (Lipinski definition) is 1. The summed E-state index contributed by atoms with van der Waals surface area (Å²) in [5.41, 5.74) is 7.00. The summed E-state index contributed by atoms with van der Waals surface area (Å²) in [4.78, 5) is 8.34. The van der Waals surface area contributed by atoms with E-state index in [1.807, 2.05) is 56.2 Å². The van der Waals surface area contributed by atoms with E-state index in [1.54, 1.807) is 51.4 Å². The summed E-state index contributed by atoms with van der Waals surface area (Å²) < 4.78 is 7.39. The molecule has 0 fully saturated rings. The van der Waals surface area contributed by atoms with Crippen molar-refractivity contribution in [3.63, 3.8) is 0 Å². The molecule has 0 amide bonds. The maximum atomic E-state index is 5.43. The standard InChI is InChI=1S/C38H68S2Si2.C34H56Br2S2Si.C4H9.C2H6Cl2Si.BHNS.Li/c1-9-11-13-15-17-19-21-23-25-27-29-32-31(3)39-34-35-37(42(7,8)36(32)34)33(38(40-35)41(4,5)6)30-28-26-24-22-20-18-16-14-12-10-2;1-5-7-9-11-13-15-17-19-21-23-25-27-31-29(37-33(27)35)30-32(39(31,3)4)28(34(36)38-30)26-24-22-20-18-16-14-12-10-8-6-2;1-3-4-2;1-5(2,3)4;1-2-3;/h9-30H2,1-8H3;5-26H2,1-4H3;1,3-4H2,2H3;1-2H3;3H;/q;;-1;;;+1. The third-order valence-corrected chi connectivity index (χ3v) is 37.4. The fourth-order valence-corrected chi connectivity index (χ4v) is 35.3. The number of halogens is 4. The van der Waals surface area contributed by atoms with E-state index < -0.39 is 30.9 Å². The summed E-state index contributed by atoms with van der Waals surface area (Å²) >= 11 is 30.6. The summed E-state index contributed by atoms with van der Waals surface area (Å²) in [6.07, 6.45) is 64.4. The van der Waals surface area contributed by atoms with Gasteiger partial charge in [0.2, 0.25) is 6.69 Å². The van der Waals surface area contributed by atoms with E-state index in [0.29, 0.717) is 0 Å². The van der Waals surface area contributed by atoms with Crippen molar-refractivity contribution in [2.24, 2.45) is 4.30 Å². The van der Waals surface area contributed by atoms with Gasteiger partial charge in [-0.1, -0.05) is 318 Å². The summed E-state index contributed by atoms with van der Waals surface area (Å²) in [6.45, 7) is 38.0. The van der Waals surface area contributed by atoms with Crippen molar-refractivity contribution in [3.8, 4) is 19.5 Å². The quantitative estimate of drug-likeness (QED) is 0.0149. The molecule has 0 aliphatic carbocycles. The second-order valence-electron chi connectivity index (χ2n) is 30.1. The summed E-state index contributed by atoms with van der Waals surface area (Å²) in [5.74, 6) is 0. The first-order valence-electron chi connectivity index (χ1n) is 38.5. The van der Waals surface area contributed by atoms with Crippen LogP contribution >= 0.6 is 112 Å². The number of rotatable bonds is 46. The number of nitrogens with zero attached hydrogens (tertiary/aromatic N) is 1. The molecule has 2 aliphatic heterocycles. The SMILES string of the molecule is CCCCCCCCCCCCc1c(Br)sc2c1[Si](C)(C)c1c-2sc(Br)c1CCCCCCCCCCCC.CCCCCCCCCCCCc1c(C)sc2c1[Si](C)(C)c1c-2sc([Si](C)(C)C)c1CCCCCCCCCCCC.C[Si](C)(Cl)Cl.[B]=NS.[CH2-]CCC.[Li+]. The van der Waals surface area contributed by atoms with E-state index in [2.05, 4.69) is 174 Å². The molecule has 16 heteroatoms. The molecule has 4 aromatic heterocycles. The molecule has 0 bridgehead atoms. The molecule has 0 spiro atoms. The van der Waals surface area contributed by atoms with Crippen LogP contribution in [0.15, 0.2) is 11.9 Å². The van der Waals surface area contributed by atoms with Crippen LogP contribution in [0.1, 0.15) is 331 Å². The molecule has 535 valence electrons. The minimum absolute atomic E-state index is 0. The van der Waals surface area contributed by atoms with Crippen LogP contribution < -0.4 is 44.1 Å². The van der Waals surface area contributed by atoms with Crippen molar-refractivity contribution >= 4 is 176 Å². The zero-order chi connectivity index (χ0) is 69.3. The van der Waals surface area contributed by atoms with E-state index in [1.165, 1.54) is 297 Å². The van der Waals surface area contributed by atoms with Gasteiger partial charge in [-0.05, 0) is 151 Å². The molecule has 0 aromatic carbocycles. The van der Waals surface area contributed by atoms with Crippen LogP contribution in [0.4, 0.5) is 0 Å². The second kappa shape index (κ2) is 53.7. The van der Waals surface area contributed by atoms with Crippen molar-refractivity contribution in [1.82, 2.24) is 0 Å². The van der Waals surface area contributed by atoms with Crippen molar-refractivity contribution in [1.29, 1.82) is 0 Å². The average molecular weight is 1610 g/mol. The van der Waals surface area contributed by atoms with Crippen LogP contribution in [-0.2, 0) is 25.7 Å². The number of hydrogen-bond acceptors (Lipinski definition) is 6. The van der Waals surface area contributed by atoms with E-state index in [-0.39, 0.29) is 18.9 Å². The Kier molecular flexibility index (Phi) is 53.8. The predicted octanol–water partition coefficient (Wildman–Crippen LogP) is 26.4. The first-order chi connectivity index (χ1) is 44.4. The van der Waals surface area contributed by atoms with Gasteiger partial charge in [-0.25, -0.2) is 0 Å². The molecule has 1 nitrogen and oxygen atoms in total. The number of thiol groups is 1. The molecular formula is C78H140BBr2Cl2LiNS5Si4. The first kappa shape index (κ1) is 94.0. The number of aryl methyl sites for hydroxylation is 1. The van der Waals surface area contributed by atoms with Gasteiger partial charge >= 0.3 is 43.6 Å². The van der Waals surface area contributed by atoms with E-state index >= 15 is 0 Å². The smallest absolute Gasteiger partial charge is 0.343 e. The number of fused-ring (bicyclic) bond motifs is 6. The molecule has 6 heterocycles. The molecule has 94 heavy (non-hydrogen) atoms. The molecule has 2 aliphatic rings. The number of thiophene rings is 4. The van der Waals surface area contributed by atoms with E-state index in [0.717, 1.165) is 6.42 Å². The molecule has 1 radical (unpaired) electrons. The van der Waals surface area contributed by atoms with Crippen LogP contribution in [0.25, 0.3) is 19.5 Å². The topological polar surface area (TPSA) is 12.4 Å². The molecule has 4 aromatic rings. The maximum Gasteiger partial charge on any atom is 1.00 e. The van der Waals surface area contributed by atoms with Gasteiger partial charge < -0.3 is 6.92 Å². The minimum atomic E-state index is -1.67. The van der Waals surface area contributed by atoms with Gasteiger partial charge in [0.05, 0.1) is 15.6 Å². The van der Waals surface area contributed by atoms with Crippen molar-refractivity contribution in [3.05, 3.63) is 41.6 Å². The van der Waals surface area contributed by atoms with Gasteiger partial charge in [0, 0.05) is 24.4 Å². The summed E-state index contributed by atoms with van der Waals surface area (Å²) in [7, 11) is -0.346. The predicted molar refractivity (Wildman–Crippen MR) is 461 cm³/mol. The van der Waals surface area contributed by atoms with Gasteiger partial charge in [-0.15, -0.1) is 67.5 Å². The van der Waals surface area contributed by atoms with Crippen LogP contribution in [0.5, 0.6) is 0 Å².